The maximum atomic E-state index is 10.4. The first-order valence-corrected chi connectivity index (χ1v) is 15.9. The highest BCUT2D eigenvalue weighted by molar-refractivity contribution is 5.65. The monoisotopic (exact) mass is 769 g/mol. The lowest BCUT2D eigenvalue weighted by atomic mass is 10.2. The first-order chi connectivity index (χ1) is 25.9. The SMILES string of the molecule is CCc1ccc(CCN(CCCN(C)C)c2ccccc2)nc1.O=[N+]([O-])c1cc([N+](=O)[O-])c(O)c([N+](=O)[O-])c1.O=[N+]([O-])c1cc([N+](=O)[O-])c(O)c([N+](=O)[O-])c1. The zero-order chi connectivity index (χ0) is 41.4. The van der Waals surface area contributed by atoms with Crippen LogP contribution in [0.1, 0.15) is 24.6 Å². The molecule has 2 N–H and O–H groups in total. The van der Waals surface area contributed by atoms with Crippen LogP contribution in [0.3, 0.4) is 0 Å². The Balaban J connectivity index is 0.000000293. The molecule has 23 nitrogen and oxygen atoms in total. The first kappa shape index (κ1) is 43.7. The molecule has 0 aliphatic carbocycles. The van der Waals surface area contributed by atoms with E-state index in [9.17, 15) is 60.7 Å². The minimum absolute atomic E-state index is 0.447. The molecular formula is C32H35N9O14. The summed E-state index contributed by atoms with van der Waals surface area (Å²) in [5.74, 6) is -2.42. The maximum absolute atomic E-state index is 10.4. The molecule has 23 heteroatoms. The lowest BCUT2D eigenvalue weighted by molar-refractivity contribution is -0.404. The smallest absolute Gasteiger partial charge is 0.324 e. The molecule has 1 heterocycles. The summed E-state index contributed by atoms with van der Waals surface area (Å²) in [6.45, 7) is 5.37. The molecular weight excluding hydrogens is 734 g/mol. The average Bonchev–Trinajstić information content (AvgIpc) is 3.13. The number of aromatic hydroxyl groups is 2. The highest BCUT2D eigenvalue weighted by Crippen LogP contribution is 2.40. The van der Waals surface area contributed by atoms with Crippen molar-refractivity contribution in [3.05, 3.63) is 145 Å². The van der Waals surface area contributed by atoms with Gasteiger partial charge in [-0.25, -0.2) is 0 Å². The van der Waals surface area contributed by atoms with Crippen LogP contribution in [-0.4, -0.2) is 83.4 Å². The Morgan fingerprint density at radius 1 is 0.600 bits per heavy atom. The Hall–Kier alpha value is -7.43. The Labute approximate surface area is 310 Å². The fraction of sp³-hybridized carbons (Fsp3) is 0.281. The van der Waals surface area contributed by atoms with Crippen molar-refractivity contribution < 1.29 is 39.8 Å². The normalized spacial score (nSPS) is 10.3. The number of hydrogen-bond donors (Lipinski definition) is 2. The van der Waals surface area contributed by atoms with Gasteiger partial charge in [-0.1, -0.05) is 31.2 Å². The molecule has 0 spiro atoms. The van der Waals surface area contributed by atoms with Crippen molar-refractivity contribution in [1.29, 1.82) is 0 Å². The third-order valence-electron chi connectivity index (χ3n) is 7.40. The quantitative estimate of drug-likeness (QED) is 0.105. The van der Waals surface area contributed by atoms with Crippen molar-refractivity contribution in [1.82, 2.24) is 9.88 Å². The van der Waals surface area contributed by atoms with E-state index in [-0.39, 0.29) is 0 Å². The molecule has 0 aliphatic rings. The molecule has 0 radical (unpaired) electrons. The van der Waals surface area contributed by atoms with Gasteiger partial charge in [-0.3, -0.25) is 65.7 Å². The Morgan fingerprint density at radius 3 is 1.36 bits per heavy atom. The number of benzene rings is 3. The summed E-state index contributed by atoms with van der Waals surface area (Å²) < 4.78 is 0. The van der Waals surface area contributed by atoms with E-state index >= 15 is 0 Å². The molecule has 292 valence electrons. The van der Waals surface area contributed by atoms with Gasteiger partial charge in [0, 0.05) is 37.1 Å². The van der Waals surface area contributed by atoms with Gasteiger partial charge in [-0.15, -0.1) is 0 Å². The third kappa shape index (κ3) is 13.2. The van der Waals surface area contributed by atoms with Crippen LogP contribution in [0, 0.1) is 60.7 Å². The van der Waals surface area contributed by atoms with Gasteiger partial charge < -0.3 is 20.0 Å². The van der Waals surface area contributed by atoms with Gasteiger partial charge in [0.05, 0.1) is 53.8 Å². The molecule has 4 rings (SSSR count). The fourth-order valence-corrected chi connectivity index (χ4v) is 4.60. The molecule has 0 atom stereocenters. The standard InChI is InChI=1S/C20H29N3.2C6H3N3O7/c1-4-18-11-12-19(21-17-18)13-16-23(15-8-14-22(2)3)20-9-6-5-7-10-20;2*10-6-4(8(13)14)1-3(7(11)12)2-5(6)9(15)16/h5-7,9-12,17H,4,8,13-16H2,1-3H3;2*1-2,10H. The minimum atomic E-state index is -1.21. The van der Waals surface area contributed by atoms with Gasteiger partial charge in [0.25, 0.3) is 22.9 Å². The van der Waals surface area contributed by atoms with Crippen LogP contribution in [0.15, 0.2) is 72.9 Å². The van der Waals surface area contributed by atoms with E-state index in [1.165, 1.54) is 23.4 Å². The van der Waals surface area contributed by atoms with Crippen molar-refractivity contribution in [3.63, 3.8) is 0 Å². The lowest BCUT2D eigenvalue weighted by Gasteiger charge is -2.25. The Morgan fingerprint density at radius 2 is 1.04 bits per heavy atom. The van der Waals surface area contributed by atoms with Gasteiger partial charge in [0.2, 0.25) is 0 Å². The lowest BCUT2D eigenvalue weighted by Crippen LogP contribution is -2.29. The zero-order valence-corrected chi connectivity index (χ0v) is 29.5. The van der Waals surface area contributed by atoms with Crippen LogP contribution >= 0.6 is 0 Å². The predicted octanol–water partition coefficient (Wildman–Crippen LogP) is 5.88. The van der Waals surface area contributed by atoms with E-state index < -0.39 is 75.2 Å². The average molecular weight is 770 g/mol. The molecule has 0 unspecified atom stereocenters. The third-order valence-corrected chi connectivity index (χ3v) is 7.40. The number of hydrogen-bond acceptors (Lipinski definition) is 17. The summed E-state index contributed by atoms with van der Waals surface area (Å²) in [4.78, 5) is 64.8. The Kier molecular flexibility index (Phi) is 16.4. The molecule has 1 aromatic heterocycles. The number of anilines is 1. The largest absolute Gasteiger partial charge is 0.497 e. The van der Waals surface area contributed by atoms with Gasteiger partial charge in [-0.2, -0.15) is 0 Å². The van der Waals surface area contributed by atoms with Crippen molar-refractivity contribution in [2.24, 2.45) is 0 Å². The van der Waals surface area contributed by atoms with Gasteiger partial charge in [-0.05, 0) is 57.2 Å². The summed E-state index contributed by atoms with van der Waals surface area (Å²) in [5, 5.41) is 80.4. The van der Waals surface area contributed by atoms with Crippen molar-refractivity contribution in [2.45, 2.75) is 26.2 Å². The highest BCUT2D eigenvalue weighted by atomic mass is 16.7. The number of rotatable bonds is 15. The maximum Gasteiger partial charge on any atom is 0.324 e. The van der Waals surface area contributed by atoms with Crippen molar-refractivity contribution >= 4 is 39.8 Å². The van der Waals surface area contributed by atoms with E-state index in [4.69, 9.17) is 10.2 Å². The summed E-state index contributed by atoms with van der Waals surface area (Å²) in [6, 6.07) is 16.8. The first-order valence-electron chi connectivity index (χ1n) is 15.9. The zero-order valence-electron chi connectivity index (χ0n) is 29.5. The summed E-state index contributed by atoms with van der Waals surface area (Å²) >= 11 is 0. The summed E-state index contributed by atoms with van der Waals surface area (Å²) in [7, 11) is 4.26. The van der Waals surface area contributed by atoms with Crippen LogP contribution in [0.5, 0.6) is 11.5 Å². The van der Waals surface area contributed by atoms with E-state index in [1.807, 2.05) is 6.20 Å². The van der Waals surface area contributed by atoms with Crippen LogP contribution in [0.4, 0.5) is 39.8 Å². The van der Waals surface area contributed by atoms with Crippen LogP contribution in [0.25, 0.3) is 0 Å². The molecule has 0 aliphatic heterocycles. The number of aromatic nitrogens is 1. The van der Waals surface area contributed by atoms with Crippen LogP contribution in [0.2, 0.25) is 0 Å². The molecule has 55 heavy (non-hydrogen) atoms. The second-order valence-corrected chi connectivity index (χ2v) is 11.4. The second-order valence-electron chi connectivity index (χ2n) is 11.4. The van der Waals surface area contributed by atoms with Crippen LogP contribution in [-0.2, 0) is 12.8 Å². The Bertz CT molecular complexity index is 1850. The summed E-state index contributed by atoms with van der Waals surface area (Å²) in [5.41, 5.74) is -2.22. The molecule has 0 saturated carbocycles. The molecule has 0 bridgehead atoms. The topological polar surface area (TPSA) is 319 Å². The van der Waals surface area contributed by atoms with Crippen LogP contribution < -0.4 is 4.90 Å². The molecule has 3 aromatic carbocycles. The second kappa shape index (κ2) is 20.6. The minimum Gasteiger partial charge on any atom is -0.497 e. The van der Waals surface area contributed by atoms with Crippen molar-refractivity contribution in [2.75, 3.05) is 38.6 Å². The summed E-state index contributed by atoms with van der Waals surface area (Å²) in [6.07, 6.45) is 5.22. The molecule has 4 aromatic rings. The van der Waals surface area contributed by atoms with Gasteiger partial charge >= 0.3 is 22.7 Å². The predicted molar refractivity (Wildman–Crippen MR) is 195 cm³/mol. The number of aryl methyl sites for hydroxylation is 1. The van der Waals surface area contributed by atoms with Gasteiger partial charge in [0.15, 0.2) is 0 Å². The fourth-order valence-electron chi connectivity index (χ4n) is 4.60. The number of nitro groups is 6. The number of pyridine rings is 1. The van der Waals surface area contributed by atoms with E-state index in [2.05, 4.69) is 78.3 Å². The number of nitro benzene ring substituents is 6. The molecule has 0 amide bonds. The number of para-hydroxylation sites is 1. The number of phenolic OH excluding ortho intramolecular Hbond substituents is 2. The highest BCUT2D eigenvalue weighted by Gasteiger charge is 2.31. The number of non-ortho nitro benzene ring substituents is 2. The van der Waals surface area contributed by atoms with E-state index in [1.54, 1.807) is 0 Å². The number of nitrogens with zero attached hydrogens (tertiary/aromatic N) is 9. The van der Waals surface area contributed by atoms with Gasteiger partial charge in [0.1, 0.15) is 0 Å². The molecule has 0 fully saturated rings. The number of phenols is 2. The van der Waals surface area contributed by atoms with E-state index in [0.717, 1.165) is 32.5 Å². The molecule has 0 saturated heterocycles. The van der Waals surface area contributed by atoms with E-state index in [0.29, 0.717) is 24.3 Å². The van der Waals surface area contributed by atoms with Crippen molar-refractivity contribution in [3.8, 4) is 11.5 Å².